The molecule has 32 rings (SSSR count). The number of hydrogen-bond donors (Lipinski definition) is 0. The topological polar surface area (TPSA) is 113 Å². The van der Waals surface area contributed by atoms with Crippen LogP contribution in [0.4, 0.5) is 0 Å². The Morgan fingerprint density at radius 2 is 0.314 bits per heavy atom. The summed E-state index contributed by atoms with van der Waals surface area (Å²) in [5.74, 6) is 13.2. The van der Waals surface area contributed by atoms with Gasteiger partial charge in [-0.3, -0.25) is 0 Å². The highest BCUT2D eigenvalue weighted by atomic mass is 16.5. The molecule has 0 amide bonds. The average Bonchev–Trinajstić information content (AvgIpc) is 0.806. The fourth-order valence-electron chi connectivity index (χ4n) is 23.0. The molecule has 650 valence electrons. The summed E-state index contributed by atoms with van der Waals surface area (Å²) in [5, 5.41) is 20.1. The third kappa shape index (κ3) is 12.1. The number of rotatable bonds is 3. The first-order valence-electron chi connectivity index (χ1n) is 47.3. The van der Waals surface area contributed by atoms with Gasteiger partial charge in [-0.25, -0.2) is 0 Å². The molecule has 8 aliphatic rings. The van der Waals surface area contributed by atoms with Crippen LogP contribution in [-0.4, -0.2) is 20.1 Å². The summed E-state index contributed by atoms with van der Waals surface area (Å²) in [6, 6.07) is 149. The minimum absolute atomic E-state index is 0.0114. The van der Waals surface area contributed by atoms with Gasteiger partial charge in [0.05, 0.1) is 0 Å². The molecule has 11 nitrogen and oxygen atoms in total. The van der Waals surface area contributed by atoms with Crippen LogP contribution in [0.25, 0.3) is 164 Å². The summed E-state index contributed by atoms with van der Waals surface area (Å²) < 4.78 is 72.7. The number of para-hydroxylation sites is 5. The average molecular weight is 1790 g/mol. The maximum absolute atomic E-state index is 6.87. The van der Waals surface area contributed by atoms with Crippen LogP contribution in [0.1, 0.15) is 0 Å². The minimum Gasteiger partial charge on any atom is -0.458 e. The highest BCUT2D eigenvalue weighted by Gasteiger charge is 2.49. The zero-order chi connectivity index (χ0) is 91.5. The zero-order valence-corrected chi connectivity index (χ0v) is 74.7. The molecule has 14 heteroatoms. The van der Waals surface area contributed by atoms with Gasteiger partial charge < -0.3 is 51.1 Å². The third-order valence-corrected chi connectivity index (χ3v) is 29.1. The number of benzene rings is 21. The lowest BCUT2D eigenvalue weighted by molar-refractivity contribution is 0.442. The maximum Gasteiger partial charge on any atom is 0.270 e. The van der Waals surface area contributed by atoms with Crippen LogP contribution >= 0.6 is 0 Å². The molecule has 140 heavy (non-hydrogen) atoms. The predicted octanol–water partition coefficient (Wildman–Crippen LogP) is 28.4. The Labute approximate surface area is 801 Å². The molecule has 0 saturated carbocycles. The summed E-state index contributed by atoms with van der Waals surface area (Å²) in [6.07, 6.45) is 0. The van der Waals surface area contributed by atoms with Gasteiger partial charge in [-0.05, 0) is 261 Å². The summed E-state index contributed by atoms with van der Waals surface area (Å²) in [4.78, 5) is 0. The molecule has 11 heterocycles. The van der Waals surface area contributed by atoms with E-state index in [0.717, 1.165) is 278 Å². The molecule has 24 aromatic rings. The van der Waals surface area contributed by atoms with Crippen LogP contribution in [0.5, 0.6) is 92.0 Å². The second-order valence-electron chi connectivity index (χ2n) is 36.7. The normalized spacial score (nSPS) is 13.0. The van der Waals surface area contributed by atoms with Crippen molar-refractivity contribution >= 4 is 200 Å². The second-order valence-corrected chi connectivity index (χ2v) is 36.7. The molecular weight excluding hydrogens is 1720 g/mol. The molecule has 0 spiro atoms. The molecule has 0 radical (unpaired) electrons. The molecule has 3 aromatic heterocycles. The van der Waals surface area contributed by atoms with E-state index in [2.05, 4.69) is 322 Å². The number of ether oxygens (including phenoxy) is 8. The molecule has 0 fully saturated rings. The number of fused-ring (bicyclic) bond motifs is 25. The lowest BCUT2D eigenvalue weighted by atomic mass is 9.34. The van der Waals surface area contributed by atoms with Crippen LogP contribution in [0, 0.1) is 0 Å². The maximum atomic E-state index is 6.87. The molecule has 0 N–H and O–H groups in total. The van der Waals surface area contributed by atoms with E-state index < -0.39 is 0 Å². The molecule has 0 saturated heterocycles. The molecule has 0 aliphatic carbocycles. The van der Waals surface area contributed by atoms with Gasteiger partial charge in [0, 0.05) is 70.6 Å². The van der Waals surface area contributed by atoms with Crippen molar-refractivity contribution in [3.63, 3.8) is 0 Å². The van der Waals surface area contributed by atoms with Gasteiger partial charge in [0.15, 0.2) is 0 Å². The van der Waals surface area contributed by atoms with E-state index in [4.69, 9.17) is 51.1 Å². The first-order chi connectivity index (χ1) is 69.4. The third-order valence-electron chi connectivity index (χ3n) is 29.1. The van der Waals surface area contributed by atoms with Crippen LogP contribution in [0.2, 0.25) is 0 Å². The van der Waals surface area contributed by atoms with Gasteiger partial charge >= 0.3 is 0 Å². The van der Waals surface area contributed by atoms with Gasteiger partial charge in [-0.2, -0.15) is 0 Å². The molecule has 0 atom stereocenters. The largest absolute Gasteiger partial charge is 0.458 e. The Bertz CT molecular complexity index is 9640. The first kappa shape index (κ1) is 78.0. The highest BCUT2D eigenvalue weighted by Crippen LogP contribution is 2.50. The Morgan fingerprint density at radius 1 is 0.114 bits per heavy atom. The van der Waals surface area contributed by atoms with E-state index in [1.54, 1.807) is 0 Å². The Morgan fingerprint density at radius 3 is 0.629 bits per heavy atom. The van der Waals surface area contributed by atoms with Gasteiger partial charge in [-0.15, -0.1) is 0 Å². The van der Waals surface area contributed by atoms with E-state index in [9.17, 15) is 0 Å². The monoisotopic (exact) mass is 1790 g/mol. The van der Waals surface area contributed by atoms with E-state index in [-0.39, 0.29) is 20.1 Å². The summed E-state index contributed by atoms with van der Waals surface area (Å²) in [6.45, 7) is 0.0248. The van der Waals surface area contributed by atoms with Crippen molar-refractivity contribution in [2.24, 2.45) is 0 Å². The van der Waals surface area contributed by atoms with Gasteiger partial charge in [0.25, 0.3) is 20.1 Å². The summed E-state index contributed by atoms with van der Waals surface area (Å²) in [7, 11) is 0. The Kier molecular flexibility index (Phi) is 17.0. The SMILES string of the molecule is c1cc2c3c(c1)Oc1cc(-c4ccc5c(c4)oc4ccccc4c4ccccc4c4ccccc54)cc4c1B3c1c(cccc1O4)O2.c1cc2c3c(c1)Oc1cc(-c4ccc5oc6ccccc6c6ccccc6c6ccccc6c5c4)cc4c1B3c1c(cccc1O4)O2.c1ccc2c(c1)Oc1cc(-c3ccc4oc5ccccc5c5ccccc5c5ccccc5c4c3)cc3c1B2c1ccccc1O3. The van der Waals surface area contributed by atoms with Crippen LogP contribution in [-0.2, 0) is 0 Å². The van der Waals surface area contributed by atoms with E-state index >= 15 is 0 Å². The van der Waals surface area contributed by atoms with Crippen LogP contribution < -0.4 is 87.1 Å². The smallest absolute Gasteiger partial charge is 0.270 e. The van der Waals surface area contributed by atoms with Gasteiger partial charge in [-0.1, -0.05) is 279 Å². The summed E-state index contributed by atoms with van der Waals surface area (Å²) in [5.41, 5.74) is 20.7. The summed E-state index contributed by atoms with van der Waals surface area (Å²) >= 11 is 0. The molecule has 0 bridgehead atoms. The molecule has 8 aliphatic heterocycles. The number of hydrogen-bond acceptors (Lipinski definition) is 11. The standard InChI is InChI=1S/2C42H23BO4.C42H25BO3/c1-3-11-28-26(9-1)27-10-2-4-12-29(27)31-21-24(19-20-33(31)44-32-14-6-5-13-30(28)32)25-22-38-42-39(23-25)47-37-18-8-16-35-41(37)43(42)40-34(45-35)15-7-17-36(40)46-38;1-3-11-28-26(9-1)27-10-2-4-12-29(27)31-20-19-24(21-37(31)44-32-14-6-5-13-30(28)32)25-22-38-42-39(23-25)47-36-18-8-16-34-41(36)43(42)40-33(45-34)15-7-17-35(40)46-38;1-3-13-30-28(11-1)29-12-2-4-14-31(29)33-23-26(21-22-37(33)44-36-18-8-5-15-32(30)36)27-24-40-42-41(25-27)46-39-20-10-7-17-35(39)43(42)34-16-6-9-19-38(34)45-40/h2*1-23H;1-25H. The Hall–Kier alpha value is -18.4. The second kappa shape index (κ2) is 30.6. The highest BCUT2D eigenvalue weighted by molar-refractivity contribution is 7.01. The van der Waals surface area contributed by atoms with Gasteiger partial charge in [0.2, 0.25) is 0 Å². The predicted molar refractivity (Wildman–Crippen MR) is 569 cm³/mol. The molecular formula is C126H71B3O11. The van der Waals surface area contributed by atoms with Crippen molar-refractivity contribution in [3.05, 3.63) is 431 Å². The quantitative estimate of drug-likeness (QED) is 0.158. The van der Waals surface area contributed by atoms with E-state index in [0.29, 0.717) is 0 Å². The van der Waals surface area contributed by atoms with Crippen molar-refractivity contribution in [2.75, 3.05) is 0 Å². The zero-order valence-electron chi connectivity index (χ0n) is 74.7. The van der Waals surface area contributed by atoms with Crippen LogP contribution in [0.3, 0.4) is 0 Å². The molecule has 21 aromatic carbocycles. The van der Waals surface area contributed by atoms with Crippen molar-refractivity contribution in [1.29, 1.82) is 0 Å². The lowest BCUT2D eigenvalue weighted by Gasteiger charge is -2.37. The fourth-order valence-corrected chi connectivity index (χ4v) is 23.0. The minimum atomic E-state index is -0.0137. The molecule has 0 unspecified atom stereocenters. The van der Waals surface area contributed by atoms with E-state index in [1.807, 2.05) is 109 Å². The van der Waals surface area contributed by atoms with Crippen molar-refractivity contribution in [1.82, 2.24) is 0 Å². The Balaban J connectivity index is 0.0000000987. The van der Waals surface area contributed by atoms with Crippen molar-refractivity contribution < 1.29 is 51.1 Å². The van der Waals surface area contributed by atoms with Crippen LogP contribution in [0.15, 0.2) is 444 Å². The van der Waals surface area contributed by atoms with E-state index in [1.165, 1.54) is 26.9 Å². The van der Waals surface area contributed by atoms with Crippen molar-refractivity contribution in [2.45, 2.75) is 0 Å². The van der Waals surface area contributed by atoms with Crippen molar-refractivity contribution in [3.8, 4) is 125 Å². The fraction of sp³-hybridized carbons (Fsp3) is 0. The van der Waals surface area contributed by atoms with Gasteiger partial charge in [0.1, 0.15) is 125 Å². The lowest BCUT2D eigenvalue weighted by Crippen LogP contribution is -2.59. The first-order valence-corrected chi connectivity index (χ1v) is 47.3.